The summed E-state index contributed by atoms with van der Waals surface area (Å²) in [5.41, 5.74) is -0.0411. The van der Waals surface area contributed by atoms with E-state index in [-0.39, 0.29) is 6.09 Å². The van der Waals surface area contributed by atoms with Crippen molar-refractivity contribution in [1.29, 1.82) is 0 Å². The van der Waals surface area contributed by atoms with Crippen LogP contribution in [0.5, 0.6) is 0 Å². The highest BCUT2D eigenvalue weighted by atomic mass is 16.6. The predicted octanol–water partition coefficient (Wildman–Crippen LogP) is 2.39. The van der Waals surface area contributed by atoms with Gasteiger partial charge in [0.15, 0.2) is 0 Å². The van der Waals surface area contributed by atoms with E-state index in [0.717, 1.165) is 19.5 Å². The fraction of sp³-hybridized carbons (Fsp3) is 0.929. The lowest BCUT2D eigenvalue weighted by Crippen LogP contribution is -2.36. The van der Waals surface area contributed by atoms with Crippen LogP contribution >= 0.6 is 0 Å². The highest BCUT2D eigenvalue weighted by Crippen LogP contribution is 2.45. The molecule has 1 N–H and O–H groups in total. The Kier molecular flexibility index (Phi) is 3.58. The molecule has 1 aliphatic heterocycles. The molecule has 2 rings (SSSR count). The van der Waals surface area contributed by atoms with Gasteiger partial charge in [-0.2, -0.15) is 0 Å². The molecule has 0 bridgehead atoms. The summed E-state index contributed by atoms with van der Waals surface area (Å²) in [7, 11) is 2.03. The van der Waals surface area contributed by atoms with Gasteiger partial charge in [0.25, 0.3) is 0 Å². The second-order valence-corrected chi connectivity index (χ2v) is 6.88. The van der Waals surface area contributed by atoms with Gasteiger partial charge in [0, 0.05) is 19.1 Å². The smallest absolute Gasteiger partial charge is 0.410 e. The average molecular weight is 254 g/mol. The maximum Gasteiger partial charge on any atom is 0.410 e. The maximum absolute atomic E-state index is 12.0. The molecule has 0 aromatic heterocycles. The van der Waals surface area contributed by atoms with Crippen molar-refractivity contribution in [1.82, 2.24) is 10.2 Å². The first kappa shape index (κ1) is 13.7. The Morgan fingerprint density at radius 2 is 2.11 bits per heavy atom. The van der Waals surface area contributed by atoms with E-state index in [1.165, 1.54) is 19.3 Å². The summed E-state index contributed by atoms with van der Waals surface area (Å²) < 4.78 is 5.45. The van der Waals surface area contributed by atoms with Gasteiger partial charge >= 0.3 is 6.09 Å². The molecule has 4 nitrogen and oxygen atoms in total. The van der Waals surface area contributed by atoms with Gasteiger partial charge in [-0.05, 0) is 58.9 Å². The van der Waals surface area contributed by atoms with Crippen molar-refractivity contribution in [3.05, 3.63) is 0 Å². The zero-order valence-electron chi connectivity index (χ0n) is 12.1. The minimum Gasteiger partial charge on any atom is -0.444 e. The van der Waals surface area contributed by atoms with Crippen molar-refractivity contribution in [2.75, 3.05) is 20.1 Å². The zero-order chi connectivity index (χ0) is 13.4. The summed E-state index contributed by atoms with van der Waals surface area (Å²) >= 11 is 0. The molecule has 2 atom stereocenters. The maximum atomic E-state index is 12.0. The fourth-order valence-corrected chi connectivity index (χ4v) is 3.24. The van der Waals surface area contributed by atoms with Crippen molar-refractivity contribution < 1.29 is 9.53 Å². The molecule has 1 saturated heterocycles. The number of carbonyl (C=O) groups is 1. The van der Waals surface area contributed by atoms with Crippen molar-refractivity contribution in [2.45, 2.75) is 58.1 Å². The number of likely N-dealkylation sites (tertiary alicyclic amines) is 1. The Morgan fingerprint density at radius 1 is 1.39 bits per heavy atom. The van der Waals surface area contributed by atoms with E-state index in [9.17, 15) is 4.79 Å². The number of nitrogens with zero attached hydrogens (tertiary/aromatic N) is 1. The van der Waals surface area contributed by atoms with Crippen LogP contribution in [0.3, 0.4) is 0 Å². The molecular formula is C14H26N2O2. The first-order valence-corrected chi connectivity index (χ1v) is 6.99. The van der Waals surface area contributed by atoms with E-state index in [2.05, 4.69) is 5.32 Å². The molecule has 1 spiro atoms. The molecule has 104 valence electrons. The van der Waals surface area contributed by atoms with Crippen LogP contribution in [0.25, 0.3) is 0 Å². The topological polar surface area (TPSA) is 41.6 Å². The van der Waals surface area contributed by atoms with Crippen molar-refractivity contribution >= 4 is 6.09 Å². The molecular weight excluding hydrogens is 228 g/mol. The van der Waals surface area contributed by atoms with Crippen LogP contribution in [0.4, 0.5) is 4.79 Å². The van der Waals surface area contributed by atoms with E-state index in [4.69, 9.17) is 4.74 Å². The molecule has 0 aromatic rings. The van der Waals surface area contributed by atoms with Gasteiger partial charge in [-0.25, -0.2) is 4.79 Å². The normalized spacial score (nSPS) is 32.2. The third kappa shape index (κ3) is 2.97. The Bertz CT molecular complexity index is 324. The number of amides is 1. The van der Waals surface area contributed by atoms with Crippen LogP contribution in [0.2, 0.25) is 0 Å². The van der Waals surface area contributed by atoms with Gasteiger partial charge in [-0.1, -0.05) is 0 Å². The zero-order valence-corrected chi connectivity index (χ0v) is 12.1. The van der Waals surface area contributed by atoms with E-state index < -0.39 is 5.60 Å². The third-order valence-corrected chi connectivity index (χ3v) is 4.20. The average Bonchev–Trinajstić information content (AvgIpc) is 2.84. The van der Waals surface area contributed by atoms with Crippen LogP contribution in [0.1, 0.15) is 46.5 Å². The predicted molar refractivity (Wildman–Crippen MR) is 71.6 cm³/mol. The molecule has 0 aromatic carbocycles. The molecule has 1 amide bonds. The van der Waals surface area contributed by atoms with E-state index in [1.807, 2.05) is 32.7 Å². The van der Waals surface area contributed by atoms with Crippen molar-refractivity contribution in [3.63, 3.8) is 0 Å². The summed E-state index contributed by atoms with van der Waals surface area (Å²) in [5, 5.41) is 3.36. The number of ether oxygens (including phenoxy) is 1. The molecule has 18 heavy (non-hydrogen) atoms. The van der Waals surface area contributed by atoms with Gasteiger partial charge in [0.1, 0.15) is 5.60 Å². The number of carbonyl (C=O) groups excluding carboxylic acids is 1. The fourth-order valence-electron chi connectivity index (χ4n) is 3.24. The van der Waals surface area contributed by atoms with Crippen LogP contribution in [0, 0.1) is 5.41 Å². The summed E-state index contributed by atoms with van der Waals surface area (Å²) in [4.78, 5) is 13.9. The Balaban J connectivity index is 1.91. The Labute approximate surface area is 110 Å². The second kappa shape index (κ2) is 4.72. The highest BCUT2D eigenvalue weighted by molar-refractivity contribution is 5.68. The van der Waals surface area contributed by atoms with Gasteiger partial charge in [0.2, 0.25) is 0 Å². The molecule has 1 aliphatic carbocycles. The first-order valence-electron chi connectivity index (χ1n) is 6.99. The molecule has 1 saturated carbocycles. The minimum atomic E-state index is -0.393. The minimum absolute atomic E-state index is 0.146. The largest absolute Gasteiger partial charge is 0.444 e. The number of rotatable bonds is 1. The molecule has 2 fully saturated rings. The standard InChI is InChI=1S/C14H26N2O2/c1-13(2,3)18-12(17)16-8-7-14(10-16)6-5-11(9-14)15-4/h11,15H,5-10H2,1-4H3. The summed E-state index contributed by atoms with van der Waals surface area (Å²) in [6, 6.07) is 0.628. The number of nitrogens with one attached hydrogen (secondary N) is 1. The van der Waals surface area contributed by atoms with E-state index >= 15 is 0 Å². The summed E-state index contributed by atoms with van der Waals surface area (Å²) in [5.74, 6) is 0. The van der Waals surface area contributed by atoms with Crippen LogP contribution in [-0.2, 0) is 4.74 Å². The quantitative estimate of drug-likeness (QED) is 0.781. The lowest BCUT2D eigenvalue weighted by atomic mass is 9.85. The SMILES string of the molecule is CNC1CCC2(CCN(C(=O)OC(C)(C)C)C2)C1. The van der Waals surface area contributed by atoms with Crippen LogP contribution in [0.15, 0.2) is 0 Å². The molecule has 1 heterocycles. The molecule has 2 aliphatic rings. The van der Waals surface area contributed by atoms with Gasteiger partial charge in [0.05, 0.1) is 0 Å². The molecule has 4 heteroatoms. The number of hydrogen-bond donors (Lipinski definition) is 1. The second-order valence-electron chi connectivity index (χ2n) is 6.88. The van der Waals surface area contributed by atoms with Crippen molar-refractivity contribution in [3.8, 4) is 0 Å². The lowest BCUT2D eigenvalue weighted by Gasteiger charge is -2.27. The van der Waals surface area contributed by atoms with Gasteiger partial charge < -0.3 is 15.0 Å². The summed E-state index contributed by atoms with van der Waals surface area (Å²) in [6.45, 7) is 7.49. The van der Waals surface area contributed by atoms with Gasteiger partial charge in [-0.15, -0.1) is 0 Å². The Hall–Kier alpha value is -0.770. The highest BCUT2D eigenvalue weighted by Gasteiger charge is 2.45. The molecule has 2 unspecified atom stereocenters. The number of hydrogen-bond acceptors (Lipinski definition) is 3. The first-order chi connectivity index (χ1) is 8.34. The van der Waals surface area contributed by atoms with E-state index in [0.29, 0.717) is 11.5 Å². The Morgan fingerprint density at radius 3 is 2.67 bits per heavy atom. The van der Waals surface area contributed by atoms with Gasteiger partial charge in [-0.3, -0.25) is 0 Å². The van der Waals surface area contributed by atoms with E-state index in [1.54, 1.807) is 0 Å². The third-order valence-electron chi connectivity index (χ3n) is 4.20. The van der Waals surface area contributed by atoms with Crippen LogP contribution < -0.4 is 5.32 Å². The molecule has 0 radical (unpaired) electrons. The lowest BCUT2D eigenvalue weighted by molar-refractivity contribution is 0.0273. The monoisotopic (exact) mass is 254 g/mol. The van der Waals surface area contributed by atoms with Crippen LogP contribution in [-0.4, -0.2) is 42.8 Å². The van der Waals surface area contributed by atoms with Crippen molar-refractivity contribution in [2.24, 2.45) is 5.41 Å². The summed E-state index contributed by atoms with van der Waals surface area (Å²) in [6.07, 6.45) is 4.65.